The molecule has 0 bridgehead atoms. The molecule has 0 fully saturated rings. The number of carbonyl (C=O) groups excluding carboxylic acids is 2. The summed E-state index contributed by atoms with van der Waals surface area (Å²) < 4.78 is 4.94. The molecule has 3 N–H and O–H groups in total. The summed E-state index contributed by atoms with van der Waals surface area (Å²) in [6.07, 6.45) is 0.840. The first-order chi connectivity index (χ1) is 11.4. The summed E-state index contributed by atoms with van der Waals surface area (Å²) in [5, 5.41) is 16.3. The highest BCUT2D eigenvalue weighted by atomic mass is 16.6. The average Bonchev–Trinajstić information content (AvgIpc) is 2.52. The molecule has 0 aliphatic heterocycles. The van der Waals surface area contributed by atoms with E-state index in [-0.39, 0.29) is 30.4 Å². The highest BCUT2D eigenvalue weighted by Gasteiger charge is 2.19. The molecule has 0 aliphatic rings. The van der Waals surface area contributed by atoms with Gasteiger partial charge in [0.15, 0.2) is 13.1 Å². The first-order valence-corrected chi connectivity index (χ1v) is 7.57. The zero-order valence-corrected chi connectivity index (χ0v) is 14.0. The van der Waals surface area contributed by atoms with Gasteiger partial charge in [-0.1, -0.05) is 6.92 Å². The molecule has 1 aromatic rings. The van der Waals surface area contributed by atoms with Gasteiger partial charge in [0.1, 0.15) is 11.4 Å². The molecule has 1 aromatic carbocycles. The van der Waals surface area contributed by atoms with Gasteiger partial charge in [0.2, 0.25) is 0 Å². The Morgan fingerprint density at radius 1 is 1.29 bits per heavy atom. The first kappa shape index (κ1) is 19.4. The Morgan fingerprint density at radius 3 is 2.54 bits per heavy atom. The molecule has 0 aliphatic carbocycles. The quantitative estimate of drug-likeness (QED) is 0.418. The smallest absolute Gasteiger partial charge is 0.296 e. The lowest BCUT2D eigenvalue weighted by Gasteiger charge is -2.13. The minimum absolute atomic E-state index is 0.0166. The molecular formula is C15H23N4O5+. The van der Waals surface area contributed by atoms with E-state index in [2.05, 4.69) is 10.6 Å². The van der Waals surface area contributed by atoms with E-state index in [1.807, 2.05) is 6.92 Å². The maximum atomic E-state index is 12.0. The summed E-state index contributed by atoms with van der Waals surface area (Å²) in [7, 11) is 3.10. The molecule has 0 saturated carbocycles. The van der Waals surface area contributed by atoms with Crippen LogP contribution in [-0.4, -0.2) is 50.5 Å². The Bertz CT molecular complexity index is 606. The van der Waals surface area contributed by atoms with E-state index in [1.54, 1.807) is 7.05 Å². The second-order valence-electron chi connectivity index (χ2n) is 5.35. The number of nitrogens with one attached hydrogen (secondary N) is 3. The number of nitrogens with zero attached hydrogens (tertiary/aromatic N) is 1. The Hall–Kier alpha value is -2.68. The van der Waals surface area contributed by atoms with Crippen molar-refractivity contribution in [3.8, 4) is 5.75 Å². The molecule has 132 valence electrons. The third-order valence-electron chi connectivity index (χ3n) is 3.17. The number of amides is 2. The largest absolute Gasteiger partial charge is 0.496 e. The molecule has 0 saturated heterocycles. The van der Waals surface area contributed by atoms with E-state index >= 15 is 0 Å². The third-order valence-corrected chi connectivity index (χ3v) is 3.17. The molecule has 1 atom stereocenters. The molecular weight excluding hydrogens is 316 g/mol. The minimum Gasteiger partial charge on any atom is -0.496 e. The zero-order chi connectivity index (χ0) is 18.1. The van der Waals surface area contributed by atoms with Crippen LogP contribution in [0.4, 0.5) is 11.4 Å². The number of methoxy groups -OCH3 is 1. The van der Waals surface area contributed by atoms with Crippen molar-refractivity contribution in [2.45, 2.75) is 13.3 Å². The number of ether oxygens (including phenoxy) is 1. The summed E-state index contributed by atoms with van der Waals surface area (Å²) in [4.78, 5) is 34.8. The lowest BCUT2D eigenvalue weighted by atomic mass is 10.2. The highest BCUT2D eigenvalue weighted by molar-refractivity contribution is 5.94. The topological polar surface area (TPSA) is 115 Å². The molecule has 9 heteroatoms. The van der Waals surface area contributed by atoms with Crippen molar-refractivity contribution in [3.05, 3.63) is 28.3 Å². The van der Waals surface area contributed by atoms with E-state index in [0.717, 1.165) is 6.42 Å². The van der Waals surface area contributed by atoms with E-state index in [0.29, 0.717) is 17.2 Å². The lowest BCUT2D eigenvalue weighted by molar-refractivity contribution is -0.862. The van der Waals surface area contributed by atoms with Crippen LogP contribution in [0.15, 0.2) is 18.2 Å². The van der Waals surface area contributed by atoms with Crippen molar-refractivity contribution in [1.82, 2.24) is 5.32 Å². The van der Waals surface area contributed by atoms with Crippen LogP contribution in [0.3, 0.4) is 0 Å². The minimum atomic E-state index is -0.590. The predicted molar refractivity (Wildman–Crippen MR) is 88.2 cm³/mol. The van der Waals surface area contributed by atoms with Crippen LogP contribution >= 0.6 is 0 Å². The first-order valence-electron chi connectivity index (χ1n) is 7.57. The highest BCUT2D eigenvalue weighted by Crippen LogP contribution is 2.28. The normalized spacial score (nSPS) is 11.5. The van der Waals surface area contributed by atoms with Crippen LogP contribution in [0.25, 0.3) is 0 Å². The summed E-state index contributed by atoms with van der Waals surface area (Å²) in [6, 6.07) is 4.18. The van der Waals surface area contributed by atoms with Crippen LogP contribution < -0.4 is 20.3 Å². The summed E-state index contributed by atoms with van der Waals surface area (Å²) in [6.45, 7) is 2.71. The second-order valence-corrected chi connectivity index (χ2v) is 5.35. The van der Waals surface area contributed by atoms with Crippen LogP contribution in [0.1, 0.15) is 13.3 Å². The number of hydrogen-bond acceptors (Lipinski definition) is 5. The molecule has 0 radical (unpaired) electrons. The van der Waals surface area contributed by atoms with E-state index in [9.17, 15) is 19.7 Å². The van der Waals surface area contributed by atoms with E-state index in [1.165, 1.54) is 25.3 Å². The fourth-order valence-corrected chi connectivity index (χ4v) is 2.03. The Labute approximate surface area is 140 Å². The number of hydrogen-bond donors (Lipinski definition) is 3. The number of rotatable bonds is 9. The average molecular weight is 339 g/mol. The summed E-state index contributed by atoms with van der Waals surface area (Å²) in [5.41, 5.74) is -0.157. The van der Waals surface area contributed by atoms with Crippen LogP contribution in [0.5, 0.6) is 5.75 Å². The van der Waals surface area contributed by atoms with Crippen LogP contribution in [0.2, 0.25) is 0 Å². The van der Waals surface area contributed by atoms with Gasteiger partial charge < -0.3 is 20.3 Å². The van der Waals surface area contributed by atoms with Gasteiger partial charge in [0.05, 0.1) is 25.1 Å². The Balaban J connectivity index is 2.64. The van der Waals surface area contributed by atoms with Gasteiger partial charge in [0.25, 0.3) is 17.5 Å². The van der Waals surface area contributed by atoms with Gasteiger partial charge in [-0.15, -0.1) is 0 Å². The van der Waals surface area contributed by atoms with Gasteiger partial charge in [-0.25, -0.2) is 0 Å². The number of nitro benzene ring substituents is 1. The van der Waals surface area contributed by atoms with Crippen LogP contribution in [0, 0.1) is 10.1 Å². The fourth-order valence-electron chi connectivity index (χ4n) is 2.03. The Morgan fingerprint density at radius 2 is 1.96 bits per heavy atom. The molecule has 1 unspecified atom stereocenters. The van der Waals surface area contributed by atoms with Gasteiger partial charge in [-0.2, -0.15) is 0 Å². The van der Waals surface area contributed by atoms with Crippen molar-refractivity contribution in [3.63, 3.8) is 0 Å². The fraction of sp³-hybridized carbons (Fsp3) is 0.467. The number of likely N-dealkylation sites (N-methyl/N-ethyl adjacent to an activating group) is 1. The van der Waals surface area contributed by atoms with Crippen molar-refractivity contribution in [1.29, 1.82) is 0 Å². The van der Waals surface area contributed by atoms with Crippen molar-refractivity contribution < 1.29 is 24.1 Å². The van der Waals surface area contributed by atoms with E-state index < -0.39 is 10.8 Å². The van der Waals surface area contributed by atoms with E-state index in [4.69, 9.17) is 4.74 Å². The zero-order valence-electron chi connectivity index (χ0n) is 14.0. The number of carbonyl (C=O) groups is 2. The number of quaternary nitrogens is 1. The molecule has 1 rings (SSSR count). The number of anilines is 1. The summed E-state index contributed by atoms with van der Waals surface area (Å²) >= 11 is 0. The molecule has 24 heavy (non-hydrogen) atoms. The summed E-state index contributed by atoms with van der Waals surface area (Å²) in [5.74, 6) is -0.225. The van der Waals surface area contributed by atoms with Crippen LogP contribution in [-0.2, 0) is 9.59 Å². The second kappa shape index (κ2) is 9.46. The Kier molecular flexibility index (Phi) is 7.63. The van der Waals surface area contributed by atoms with Gasteiger partial charge in [0, 0.05) is 6.54 Å². The SMILES string of the molecule is CCCNC(=O)C[NH+](C)CC(=O)Nc1ccc(OC)cc1[N+](=O)[O-]. The maximum Gasteiger partial charge on any atom is 0.296 e. The van der Waals surface area contributed by atoms with Gasteiger partial charge in [-0.05, 0) is 18.6 Å². The van der Waals surface area contributed by atoms with Crippen molar-refractivity contribution in [2.75, 3.05) is 39.1 Å². The van der Waals surface area contributed by atoms with Crippen molar-refractivity contribution >= 4 is 23.2 Å². The number of benzene rings is 1. The monoisotopic (exact) mass is 339 g/mol. The third kappa shape index (κ3) is 6.21. The lowest BCUT2D eigenvalue weighted by Crippen LogP contribution is -3.11. The van der Waals surface area contributed by atoms with Gasteiger partial charge in [-0.3, -0.25) is 19.7 Å². The number of nitro groups is 1. The molecule has 2 amide bonds. The van der Waals surface area contributed by atoms with Gasteiger partial charge >= 0.3 is 0 Å². The predicted octanol–water partition coefficient (Wildman–Crippen LogP) is -0.417. The molecule has 9 nitrogen and oxygen atoms in total. The van der Waals surface area contributed by atoms with Crippen molar-refractivity contribution in [2.24, 2.45) is 0 Å². The standard InChI is InChI=1S/C15H22N4O5/c1-4-7-16-14(20)9-18(2)10-15(21)17-12-6-5-11(24-3)8-13(12)19(22)23/h5-6,8H,4,7,9-10H2,1-3H3,(H,16,20)(H,17,21)/p+1. The molecule has 0 spiro atoms. The molecule has 0 heterocycles. The maximum absolute atomic E-state index is 12.0. The molecule has 0 aromatic heterocycles.